The first-order valence-corrected chi connectivity index (χ1v) is 6.75. The van der Waals surface area contributed by atoms with Crippen LogP contribution in [0.3, 0.4) is 0 Å². The van der Waals surface area contributed by atoms with Crippen molar-refractivity contribution in [2.45, 2.75) is 12.3 Å². The van der Waals surface area contributed by atoms with Crippen molar-refractivity contribution in [3.05, 3.63) is 34.3 Å². The van der Waals surface area contributed by atoms with Crippen molar-refractivity contribution in [2.75, 3.05) is 13.1 Å². The molecule has 0 aliphatic heterocycles. The van der Waals surface area contributed by atoms with Crippen LogP contribution in [0, 0.1) is 28.6 Å². The van der Waals surface area contributed by atoms with E-state index in [1.807, 2.05) is 36.4 Å². The maximum atomic E-state index is 12.2. The minimum atomic E-state index is -0.0897. The largest absolute Gasteiger partial charge is 0.316 e. The summed E-state index contributed by atoms with van der Waals surface area (Å²) in [4.78, 5) is 13.5. The van der Waals surface area contributed by atoms with Crippen LogP contribution >= 0.6 is 15.9 Å². The summed E-state index contributed by atoms with van der Waals surface area (Å²) >= 11 is 3.41. The molecule has 1 amide bonds. The van der Waals surface area contributed by atoms with Crippen LogP contribution < -0.4 is 0 Å². The van der Waals surface area contributed by atoms with Crippen LogP contribution in [0.5, 0.6) is 0 Å². The molecule has 1 fully saturated rings. The smallest absolute Gasteiger partial charge is 0.228 e. The third-order valence-electron chi connectivity index (χ3n) is 3.22. The quantitative estimate of drug-likeness (QED) is 0.801. The van der Waals surface area contributed by atoms with Gasteiger partial charge in [0.2, 0.25) is 5.91 Å². The second-order valence-corrected chi connectivity index (χ2v) is 5.43. The van der Waals surface area contributed by atoms with E-state index in [-0.39, 0.29) is 30.8 Å². The van der Waals surface area contributed by atoms with E-state index in [1.165, 1.54) is 4.90 Å². The van der Waals surface area contributed by atoms with Gasteiger partial charge in [0.05, 0.1) is 12.1 Å². The van der Waals surface area contributed by atoms with Crippen LogP contribution in [0.1, 0.15) is 17.9 Å². The Hall–Kier alpha value is -1.85. The molecule has 1 aromatic rings. The Kier molecular flexibility index (Phi) is 4.19. The van der Waals surface area contributed by atoms with Gasteiger partial charge in [-0.25, -0.2) is 0 Å². The summed E-state index contributed by atoms with van der Waals surface area (Å²) in [6, 6.07) is 11.8. The van der Waals surface area contributed by atoms with E-state index in [0.717, 1.165) is 16.5 Å². The van der Waals surface area contributed by atoms with Gasteiger partial charge >= 0.3 is 0 Å². The number of nitrogens with zero attached hydrogens (tertiary/aromatic N) is 3. The van der Waals surface area contributed by atoms with Crippen LogP contribution in [0.2, 0.25) is 0 Å². The number of halogens is 1. The summed E-state index contributed by atoms with van der Waals surface area (Å²) in [5.74, 6) is 0.0361. The third-order valence-corrected chi connectivity index (χ3v) is 3.71. The molecule has 0 saturated heterocycles. The first kappa shape index (κ1) is 13.6. The van der Waals surface area contributed by atoms with Crippen LogP contribution in [0.15, 0.2) is 28.7 Å². The van der Waals surface area contributed by atoms with E-state index in [4.69, 9.17) is 10.5 Å². The molecule has 0 radical (unpaired) electrons. The molecule has 0 bridgehead atoms. The topological polar surface area (TPSA) is 67.9 Å². The Morgan fingerprint density at radius 2 is 2.05 bits per heavy atom. The Morgan fingerprint density at radius 3 is 2.63 bits per heavy atom. The second kappa shape index (κ2) is 5.86. The maximum Gasteiger partial charge on any atom is 0.228 e. The van der Waals surface area contributed by atoms with Gasteiger partial charge in [-0.15, -0.1) is 0 Å². The zero-order valence-electron chi connectivity index (χ0n) is 10.2. The molecule has 2 rings (SSSR count). The van der Waals surface area contributed by atoms with Crippen LogP contribution in [0.4, 0.5) is 0 Å². The number of carbonyl (C=O) groups is 1. The van der Waals surface area contributed by atoms with Crippen molar-refractivity contribution in [1.29, 1.82) is 10.5 Å². The Bertz CT molecular complexity index is 557. The van der Waals surface area contributed by atoms with E-state index in [1.54, 1.807) is 0 Å². The van der Waals surface area contributed by atoms with E-state index in [2.05, 4.69) is 15.9 Å². The second-order valence-electron chi connectivity index (χ2n) is 4.51. The average Bonchev–Trinajstić information content (AvgIpc) is 3.18. The van der Waals surface area contributed by atoms with E-state index in [9.17, 15) is 4.79 Å². The molecular weight excluding hydrogens is 306 g/mol. The van der Waals surface area contributed by atoms with Crippen LogP contribution in [-0.4, -0.2) is 23.9 Å². The lowest BCUT2D eigenvalue weighted by atomic mass is 10.1. The molecule has 96 valence electrons. The van der Waals surface area contributed by atoms with Crippen molar-refractivity contribution >= 4 is 21.8 Å². The highest BCUT2D eigenvalue weighted by atomic mass is 79.9. The van der Waals surface area contributed by atoms with Crippen molar-refractivity contribution in [3.8, 4) is 12.1 Å². The molecule has 5 heteroatoms. The average molecular weight is 318 g/mol. The van der Waals surface area contributed by atoms with Gasteiger partial charge in [-0.3, -0.25) is 4.79 Å². The molecule has 1 aliphatic rings. The van der Waals surface area contributed by atoms with Gasteiger partial charge in [-0.05, 0) is 30.0 Å². The number of benzene rings is 1. The number of hydrogen-bond acceptors (Lipinski definition) is 3. The van der Waals surface area contributed by atoms with Crippen LogP contribution in [-0.2, 0) is 4.79 Å². The van der Waals surface area contributed by atoms with Gasteiger partial charge in [0, 0.05) is 10.4 Å². The van der Waals surface area contributed by atoms with Gasteiger partial charge in [-0.2, -0.15) is 10.5 Å². The van der Waals surface area contributed by atoms with Gasteiger partial charge < -0.3 is 4.90 Å². The molecule has 1 aliphatic carbocycles. The maximum absolute atomic E-state index is 12.2. The minimum absolute atomic E-state index is 0.0197. The Labute approximate surface area is 120 Å². The van der Waals surface area contributed by atoms with Crippen LogP contribution in [0.25, 0.3) is 0 Å². The fraction of sp³-hybridized carbons (Fsp3) is 0.357. The Morgan fingerprint density at radius 1 is 1.37 bits per heavy atom. The molecule has 2 atom stereocenters. The molecular formula is C14H12BrN3O. The van der Waals surface area contributed by atoms with Crippen molar-refractivity contribution in [2.24, 2.45) is 5.92 Å². The lowest BCUT2D eigenvalue weighted by Gasteiger charge is -2.15. The Balaban J connectivity index is 2.04. The molecule has 1 saturated carbocycles. The molecule has 1 aromatic carbocycles. The number of hydrogen-bond donors (Lipinski definition) is 0. The SMILES string of the molecule is N#CCN(CC#N)C(=O)[C@H]1C[C@H]1c1cccc(Br)c1. The monoisotopic (exact) mass is 317 g/mol. The van der Waals surface area contributed by atoms with Gasteiger partial charge in [0.1, 0.15) is 13.1 Å². The fourth-order valence-corrected chi connectivity index (χ4v) is 2.61. The normalized spacial score (nSPS) is 20.2. The van der Waals surface area contributed by atoms with E-state index in [0.29, 0.717) is 0 Å². The predicted molar refractivity (Wildman–Crippen MR) is 72.8 cm³/mol. The summed E-state index contributed by atoms with van der Waals surface area (Å²) in [6.07, 6.45) is 0.794. The molecule has 0 aromatic heterocycles. The first-order chi connectivity index (χ1) is 9.17. The lowest BCUT2D eigenvalue weighted by molar-refractivity contribution is -0.131. The minimum Gasteiger partial charge on any atom is -0.316 e. The predicted octanol–water partition coefficient (Wildman–Crippen LogP) is 2.43. The van der Waals surface area contributed by atoms with Crippen molar-refractivity contribution < 1.29 is 4.79 Å². The first-order valence-electron chi connectivity index (χ1n) is 5.95. The highest BCUT2D eigenvalue weighted by Gasteiger charge is 2.45. The molecule has 0 heterocycles. The van der Waals surface area contributed by atoms with Crippen molar-refractivity contribution in [1.82, 2.24) is 4.90 Å². The summed E-state index contributed by atoms with van der Waals surface area (Å²) in [5, 5.41) is 17.3. The van der Waals surface area contributed by atoms with Crippen molar-refractivity contribution in [3.63, 3.8) is 0 Å². The molecule has 0 N–H and O–H groups in total. The third kappa shape index (κ3) is 3.13. The number of carbonyl (C=O) groups excluding carboxylic acids is 1. The van der Waals surface area contributed by atoms with Gasteiger partial charge in [0.15, 0.2) is 0 Å². The number of amides is 1. The number of rotatable bonds is 4. The van der Waals surface area contributed by atoms with E-state index >= 15 is 0 Å². The van der Waals surface area contributed by atoms with Gasteiger partial charge in [-0.1, -0.05) is 28.1 Å². The fourth-order valence-electron chi connectivity index (χ4n) is 2.19. The van der Waals surface area contributed by atoms with Gasteiger partial charge in [0.25, 0.3) is 0 Å². The lowest BCUT2D eigenvalue weighted by Crippen LogP contribution is -2.33. The summed E-state index contributed by atoms with van der Waals surface area (Å²) in [5.41, 5.74) is 1.13. The highest BCUT2D eigenvalue weighted by Crippen LogP contribution is 2.48. The number of nitriles is 2. The molecule has 0 spiro atoms. The summed E-state index contributed by atoms with van der Waals surface area (Å²) in [7, 11) is 0. The zero-order valence-corrected chi connectivity index (χ0v) is 11.8. The zero-order chi connectivity index (χ0) is 13.8. The molecule has 19 heavy (non-hydrogen) atoms. The summed E-state index contributed by atoms with van der Waals surface area (Å²) in [6.45, 7) is -0.0395. The molecule has 4 nitrogen and oxygen atoms in total. The van der Waals surface area contributed by atoms with E-state index < -0.39 is 0 Å². The highest BCUT2D eigenvalue weighted by molar-refractivity contribution is 9.10. The summed E-state index contributed by atoms with van der Waals surface area (Å²) < 4.78 is 0.994. The molecule has 0 unspecified atom stereocenters. The standard InChI is InChI=1S/C14H12BrN3O/c15-11-3-1-2-10(8-11)12-9-13(12)14(19)18(6-4-16)7-5-17/h1-3,8,12-13H,6-7,9H2/t12-,13-/m0/s1.